The monoisotopic (exact) mass is 769 g/mol. The van der Waals surface area contributed by atoms with Gasteiger partial charge in [-0.3, -0.25) is 24.1 Å². The summed E-state index contributed by atoms with van der Waals surface area (Å²) in [5.74, 6) is -8.50. The molecule has 6 saturated carbocycles. The molecule has 0 aromatic heterocycles. The average molecular weight is 770 g/mol. The Bertz CT molecular complexity index is 2020. The van der Waals surface area contributed by atoms with Crippen LogP contribution in [0.1, 0.15) is 54.8 Å². The summed E-state index contributed by atoms with van der Waals surface area (Å²) in [6.45, 7) is 9.31. The van der Waals surface area contributed by atoms with Crippen LogP contribution in [0.2, 0.25) is 0 Å². The van der Waals surface area contributed by atoms with Gasteiger partial charge in [0.2, 0.25) is 0 Å². The second-order valence-corrected chi connectivity index (χ2v) is 16.0. The quantitative estimate of drug-likeness (QED) is 0.157. The van der Waals surface area contributed by atoms with Crippen molar-refractivity contribution in [1.82, 2.24) is 4.90 Å². The van der Waals surface area contributed by atoms with Crippen LogP contribution >= 0.6 is 0 Å². The normalized spacial score (nSPS) is 39.5. The number of aldehydes is 1. The van der Waals surface area contributed by atoms with Crippen molar-refractivity contribution in [3.05, 3.63) is 83.9 Å². The first-order valence-electron chi connectivity index (χ1n) is 18.8. The number of nitrogens with zero attached hydrogens (tertiary/aromatic N) is 1. The molecule has 8 fully saturated rings. The Morgan fingerprint density at radius 1 is 0.679 bits per heavy atom. The minimum atomic E-state index is -1.54. The average Bonchev–Trinajstić information content (AvgIpc) is 3.40. The molecule has 2 aromatic rings. The Labute approximate surface area is 322 Å². The van der Waals surface area contributed by atoms with Crippen LogP contribution in [-0.2, 0) is 52.4 Å². The van der Waals surface area contributed by atoms with Crippen LogP contribution in [0.15, 0.2) is 72.8 Å². The van der Waals surface area contributed by atoms with Crippen molar-refractivity contribution in [2.75, 3.05) is 7.05 Å². The molecule has 0 amide bonds. The molecule has 2 aromatic carbocycles. The van der Waals surface area contributed by atoms with Gasteiger partial charge in [-0.15, -0.1) is 0 Å². The van der Waals surface area contributed by atoms with Crippen molar-refractivity contribution in [1.29, 1.82) is 0 Å². The number of ether oxygens (including phenoxy) is 6. The predicted octanol–water partition coefficient (Wildman–Crippen LogP) is 3.11. The predicted molar refractivity (Wildman–Crippen MR) is 191 cm³/mol. The van der Waals surface area contributed by atoms with Crippen LogP contribution < -0.4 is 0 Å². The third-order valence-electron chi connectivity index (χ3n) is 13.5. The summed E-state index contributed by atoms with van der Waals surface area (Å²) < 4.78 is 37.5. The van der Waals surface area contributed by atoms with Gasteiger partial charge in [-0.2, -0.15) is 0 Å². The number of rotatable bonds is 9. The minimum Gasteiger partial charge on any atom is -0.461 e. The van der Waals surface area contributed by atoms with Gasteiger partial charge in [0.15, 0.2) is 18.3 Å². The van der Waals surface area contributed by atoms with Crippen molar-refractivity contribution in [3.8, 4) is 0 Å². The molecule has 0 N–H and O–H groups in total. The van der Waals surface area contributed by atoms with E-state index in [2.05, 4.69) is 11.5 Å². The summed E-state index contributed by atoms with van der Waals surface area (Å²) >= 11 is 0. The SMILES string of the molecule is C=C1C2C(OC(=O)c3ccccc3)C3C4N(C)C5C[C@@]3(C([C@@H]2OC(C)=O)[C@@]42[C@H](OC(C)=O)[C@@H](OC(=O)c3ccccc3)[C@H](OC(C)=O)[C@@H](C=O)[C@@H]52)[C@H]1OC(C)=O. The summed E-state index contributed by atoms with van der Waals surface area (Å²) in [6.07, 6.45) is -6.46. The van der Waals surface area contributed by atoms with Crippen molar-refractivity contribution in [2.45, 2.75) is 82.8 Å². The highest BCUT2D eigenvalue weighted by Gasteiger charge is 2.93. The molecule has 7 bridgehead atoms. The molecule has 10 rings (SSSR count). The molecule has 8 aliphatic rings. The van der Waals surface area contributed by atoms with Crippen molar-refractivity contribution in [3.63, 3.8) is 0 Å². The fourth-order valence-electron chi connectivity index (χ4n) is 12.6. The number of carbonyl (C=O) groups excluding carboxylic acids is 7. The first-order valence-corrected chi connectivity index (χ1v) is 18.8. The zero-order valence-electron chi connectivity index (χ0n) is 31.5. The molecule has 6 aliphatic carbocycles. The lowest BCUT2D eigenvalue weighted by atomic mass is 9.39. The molecular weight excluding hydrogens is 726 g/mol. The van der Waals surface area contributed by atoms with Crippen LogP contribution in [0.5, 0.6) is 0 Å². The van der Waals surface area contributed by atoms with Crippen LogP contribution in [0.3, 0.4) is 0 Å². The Balaban J connectivity index is 1.39. The molecule has 2 spiro atoms. The van der Waals surface area contributed by atoms with E-state index >= 15 is 0 Å². The van der Waals surface area contributed by atoms with E-state index in [0.29, 0.717) is 11.9 Å². The van der Waals surface area contributed by atoms with E-state index in [0.717, 1.165) is 0 Å². The van der Waals surface area contributed by atoms with Gasteiger partial charge in [0.25, 0.3) is 0 Å². The maximum Gasteiger partial charge on any atom is 0.338 e. The Morgan fingerprint density at radius 2 is 1.20 bits per heavy atom. The van der Waals surface area contributed by atoms with Gasteiger partial charge in [0.05, 0.1) is 23.0 Å². The van der Waals surface area contributed by atoms with Gasteiger partial charge in [0.1, 0.15) is 24.6 Å². The first kappa shape index (κ1) is 37.5. The highest BCUT2D eigenvalue weighted by atomic mass is 16.6. The van der Waals surface area contributed by atoms with E-state index in [1.807, 2.05) is 7.05 Å². The third kappa shape index (κ3) is 5.06. The van der Waals surface area contributed by atoms with Crippen LogP contribution in [0.25, 0.3) is 0 Å². The molecule has 2 saturated heterocycles. The molecule has 6 unspecified atom stereocenters. The lowest BCUT2D eigenvalue weighted by Crippen LogP contribution is -2.77. The lowest BCUT2D eigenvalue weighted by molar-refractivity contribution is -0.284. The van der Waals surface area contributed by atoms with Crippen molar-refractivity contribution < 1.29 is 62.0 Å². The van der Waals surface area contributed by atoms with Gasteiger partial charge in [0, 0.05) is 62.4 Å². The topological polar surface area (TPSA) is 178 Å². The third-order valence-corrected chi connectivity index (χ3v) is 13.5. The lowest BCUT2D eigenvalue weighted by Gasteiger charge is -2.69. The molecule has 2 heterocycles. The standard InChI is InChI=1S/C42H43NO13/c1-19-28-32(55-39(49)24-13-9-7-10-14-24)30-36-42-29(27(43(36)6)17-41(30,37(19)53-22(4)47)35(42)33(28)52-21(3)46)26(18-44)31(51-20(2)45)34(38(42)54-23(5)48)56-40(50)25-15-11-8-12-16-25/h7-16,18,26-38H,1,17H2,2-6H3/t26-,27?,28?,29-,30?,31+,32?,33+,34-,35?,36?,37-,38+,41+,42+/m0/s1. The van der Waals surface area contributed by atoms with Gasteiger partial charge in [-0.1, -0.05) is 43.0 Å². The Hall–Kier alpha value is -5.37. The van der Waals surface area contributed by atoms with Gasteiger partial charge < -0.3 is 33.2 Å². The van der Waals surface area contributed by atoms with Gasteiger partial charge in [-0.25, -0.2) is 9.59 Å². The molecule has 2 aliphatic heterocycles. The van der Waals surface area contributed by atoms with E-state index in [1.165, 1.54) is 39.8 Å². The molecule has 14 heteroatoms. The second kappa shape index (κ2) is 13.4. The zero-order chi connectivity index (χ0) is 40.0. The van der Waals surface area contributed by atoms with E-state index in [4.69, 9.17) is 28.4 Å². The highest BCUT2D eigenvalue weighted by Crippen LogP contribution is 2.84. The largest absolute Gasteiger partial charge is 0.461 e. The van der Waals surface area contributed by atoms with E-state index in [9.17, 15) is 33.6 Å². The maximum absolute atomic E-state index is 14.0. The van der Waals surface area contributed by atoms with Crippen molar-refractivity contribution in [2.24, 2.45) is 40.4 Å². The number of piperidine rings is 1. The molecule has 294 valence electrons. The summed E-state index contributed by atoms with van der Waals surface area (Å²) in [5.41, 5.74) is -1.71. The second-order valence-electron chi connectivity index (χ2n) is 16.0. The van der Waals surface area contributed by atoms with E-state index < -0.39 is 125 Å². The molecular formula is C42H43NO13. The number of benzene rings is 2. The maximum atomic E-state index is 14.0. The molecule has 15 atom stereocenters. The Kier molecular flexibility index (Phi) is 8.98. The highest BCUT2D eigenvalue weighted by molar-refractivity contribution is 5.90. The first-order chi connectivity index (χ1) is 26.7. The molecule has 56 heavy (non-hydrogen) atoms. The van der Waals surface area contributed by atoms with E-state index in [-0.39, 0.29) is 17.5 Å². The number of esters is 6. The van der Waals surface area contributed by atoms with E-state index in [1.54, 1.807) is 48.5 Å². The van der Waals surface area contributed by atoms with Crippen LogP contribution in [0.4, 0.5) is 0 Å². The smallest absolute Gasteiger partial charge is 0.338 e. The van der Waals surface area contributed by atoms with Crippen LogP contribution in [-0.4, -0.2) is 103 Å². The summed E-state index contributed by atoms with van der Waals surface area (Å²) in [6, 6.07) is 15.3. The van der Waals surface area contributed by atoms with Crippen molar-refractivity contribution >= 4 is 42.1 Å². The van der Waals surface area contributed by atoms with Gasteiger partial charge >= 0.3 is 35.8 Å². The summed E-state index contributed by atoms with van der Waals surface area (Å²) in [7, 11) is 1.86. The molecule has 14 nitrogen and oxygen atoms in total. The summed E-state index contributed by atoms with van der Waals surface area (Å²) in [5, 5.41) is 0. The number of hydrogen-bond donors (Lipinski definition) is 0. The number of carbonyl (C=O) groups is 7. The van der Waals surface area contributed by atoms with Crippen LogP contribution in [0, 0.1) is 40.4 Å². The molecule has 0 radical (unpaired) electrons. The zero-order valence-corrected chi connectivity index (χ0v) is 31.5. The summed E-state index contributed by atoms with van der Waals surface area (Å²) in [4.78, 5) is 96.1. The fourth-order valence-corrected chi connectivity index (χ4v) is 12.6. The van der Waals surface area contributed by atoms with Gasteiger partial charge in [-0.05, 0) is 49.2 Å². The fraction of sp³-hybridized carbons (Fsp3) is 0.500. The minimum absolute atomic E-state index is 0.153. The number of fused-ring (bicyclic) bond motifs is 1. The number of hydrogen-bond acceptors (Lipinski definition) is 14. The Morgan fingerprint density at radius 3 is 1.71 bits per heavy atom.